The van der Waals surface area contributed by atoms with E-state index < -0.39 is 6.04 Å². The molecule has 0 saturated heterocycles. The number of pyridine rings is 1. The summed E-state index contributed by atoms with van der Waals surface area (Å²) in [7, 11) is 0. The van der Waals surface area contributed by atoms with Crippen LogP contribution in [0, 0.1) is 12.8 Å². The fourth-order valence-corrected chi connectivity index (χ4v) is 1.59. The molecule has 4 N–H and O–H groups in total. The monoisotopic (exact) mass is 221 g/mol. The highest BCUT2D eigenvalue weighted by atomic mass is 16.1. The Bertz CT molecular complexity index is 388. The number of Topliss-reactive ketones (excluding diaryl/α,β-unsaturated/α-hetero) is 1. The topological polar surface area (TPSA) is 82.0 Å². The van der Waals surface area contributed by atoms with Crippen LogP contribution >= 0.6 is 0 Å². The molecule has 0 aliphatic rings. The molecule has 4 nitrogen and oxygen atoms in total. The van der Waals surface area contributed by atoms with Crippen LogP contribution in [0.15, 0.2) is 12.3 Å². The lowest BCUT2D eigenvalue weighted by atomic mass is 9.96. The predicted octanol–water partition coefficient (Wildman–Crippen LogP) is 1.53. The average molecular weight is 221 g/mol. The number of anilines is 1. The van der Waals surface area contributed by atoms with E-state index >= 15 is 0 Å². The first-order chi connectivity index (χ1) is 7.41. The Labute approximate surface area is 96.0 Å². The lowest BCUT2D eigenvalue weighted by Crippen LogP contribution is -2.32. The van der Waals surface area contributed by atoms with E-state index in [-0.39, 0.29) is 11.6 Å². The van der Waals surface area contributed by atoms with Crippen molar-refractivity contribution in [3.63, 3.8) is 0 Å². The molecule has 1 unspecified atom stereocenters. The van der Waals surface area contributed by atoms with Crippen LogP contribution < -0.4 is 11.5 Å². The van der Waals surface area contributed by atoms with E-state index in [2.05, 4.69) is 4.98 Å². The van der Waals surface area contributed by atoms with Crippen molar-refractivity contribution in [3.8, 4) is 0 Å². The maximum atomic E-state index is 12.0. The Morgan fingerprint density at radius 1 is 1.50 bits per heavy atom. The number of carbonyl (C=O) groups is 1. The molecule has 4 heteroatoms. The van der Waals surface area contributed by atoms with Crippen LogP contribution in [-0.4, -0.2) is 16.8 Å². The molecule has 1 atom stereocenters. The highest BCUT2D eigenvalue weighted by Gasteiger charge is 2.19. The molecule has 16 heavy (non-hydrogen) atoms. The van der Waals surface area contributed by atoms with Crippen molar-refractivity contribution in [2.75, 3.05) is 5.73 Å². The van der Waals surface area contributed by atoms with Crippen LogP contribution in [0.5, 0.6) is 0 Å². The molecule has 88 valence electrons. The Balaban J connectivity index is 2.91. The molecule has 0 aliphatic heterocycles. The van der Waals surface area contributed by atoms with Crippen LogP contribution in [0.4, 0.5) is 5.82 Å². The summed E-state index contributed by atoms with van der Waals surface area (Å²) in [5, 5.41) is 0. The maximum absolute atomic E-state index is 12.0. The Hall–Kier alpha value is -1.42. The van der Waals surface area contributed by atoms with Crippen LogP contribution in [0.3, 0.4) is 0 Å². The number of aromatic nitrogens is 1. The predicted molar refractivity (Wildman–Crippen MR) is 65.1 cm³/mol. The zero-order valence-electron chi connectivity index (χ0n) is 10.0. The summed E-state index contributed by atoms with van der Waals surface area (Å²) in [6.45, 7) is 5.94. The summed E-state index contributed by atoms with van der Waals surface area (Å²) < 4.78 is 0. The molecule has 0 spiro atoms. The SMILES string of the molecule is Cc1cnc(N)c(C(=O)C(N)CC(C)C)c1. The van der Waals surface area contributed by atoms with E-state index in [9.17, 15) is 4.79 Å². The van der Waals surface area contributed by atoms with Crippen molar-refractivity contribution in [1.29, 1.82) is 0 Å². The normalized spacial score (nSPS) is 12.8. The average Bonchev–Trinajstić information content (AvgIpc) is 2.19. The minimum atomic E-state index is -0.495. The van der Waals surface area contributed by atoms with Crippen LogP contribution in [0.25, 0.3) is 0 Å². The molecule has 0 amide bonds. The molecule has 1 rings (SSSR count). The Morgan fingerprint density at radius 3 is 2.69 bits per heavy atom. The van der Waals surface area contributed by atoms with Crippen molar-refractivity contribution >= 4 is 11.6 Å². The molecule has 0 aliphatic carbocycles. The van der Waals surface area contributed by atoms with Crippen molar-refractivity contribution in [2.24, 2.45) is 11.7 Å². The third-order valence-corrected chi connectivity index (χ3v) is 2.38. The van der Waals surface area contributed by atoms with Crippen LogP contribution in [0.2, 0.25) is 0 Å². The van der Waals surface area contributed by atoms with Crippen LogP contribution in [-0.2, 0) is 0 Å². The van der Waals surface area contributed by atoms with Gasteiger partial charge in [-0.3, -0.25) is 4.79 Å². The van der Waals surface area contributed by atoms with E-state index in [0.717, 1.165) is 5.56 Å². The molecule has 0 saturated carbocycles. The Morgan fingerprint density at radius 2 is 2.12 bits per heavy atom. The van der Waals surface area contributed by atoms with Crippen LogP contribution in [0.1, 0.15) is 36.2 Å². The summed E-state index contributed by atoms with van der Waals surface area (Å²) in [6.07, 6.45) is 2.30. The second kappa shape index (κ2) is 5.07. The molecule has 0 fully saturated rings. The first-order valence-electron chi connectivity index (χ1n) is 5.43. The minimum Gasteiger partial charge on any atom is -0.383 e. The molecule has 1 aromatic heterocycles. The summed E-state index contributed by atoms with van der Waals surface area (Å²) in [4.78, 5) is 16.0. The first kappa shape index (κ1) is 12.6. The zero-order chi connectivity index (χ0) is 12.3. The number of aryl methyl sites for hydroxylation is 1. The van der Waals surface area contributed by atoms with Gasteiger partial charge in [0.05, 0.1) is 11.6 Å². The number of carbonyl (C=O) groups excluding carboxylic acids is 1. The fourth-order valence-electron chi connectivity index (χ4n) is 1.59. The van der Waals surface area contributed by atoms with Crippen molar-refractivity contribution < 1.29 is 4.79 Å². The fraction of sp³-hybridized carbons (Fsp3) is 0.500. The first-order valence-corrected chi connectivity index (χ1v) is 5.43. The number of hydrogen-bond acceptors (Lipinski definition) is 4. The summed E-state index contributed by atoms with van der Waals surface area (Å²) in [5.41, 5.74) is 12.9. The lowest BCUT2D eigenvalue weighted by molar-refractivity contribution is 0.0951. The van der Waals surface area contributed by atoms with E-state index in [1.165, 1.54) is 0 Å². The van der Waals surface area contributed by atoms with Crippen molar-refractivity contribution in [1.82, 2.24) is 4.98 Å². The number of ketones is 1. The van der Waals surface area contributed by atoms with Gasteiger partial charge in [-0.15, -0.1) is 0 Å². The van der Waals surface area contributed by atoms with Gasteiger partial charge in [-0.25, -0.2) is 4.98 Å². The summed E-state index contributed by atoms with van der Waals surface area (Å²) in [5.74, 6) is 0.523. The second-order valence-electron chi connectivity index (χ2n) is 4.55. The summed E-state index contributed by atoms with van der Waals surface area (Å²) >= 11 is 0. The van der Waals surface area contributed by atoms with E-state index in [1.54, 1.807) is 12.3 Å². The lowest BCUT2D eigenvalue weighted by Gasteiger charge is -2.14. The van der Waals surface area contributed by atoms with E-state index in [1.807, 2.05) is 20.8 Å². The number of nitrogen functional groups attached to an aromatic ring is 1. The second-order valence-corrected chi connectivity index (χ2v) is 4.55. The van der Waals surface area contributed by atoms with E-state index in [0.29, 0.717) is 17.9 Å². The highest BCUT2D eigenvalue weighted by molar-refractivity contribution is 6.03. The number of hydrogen-bond donors (Lipinski definition) is 2. The molecule has 0 radical (unpaired) electrons. The van der Waals surface area contributed by atoms with Gasteiger partial charge in [0.1, 0.15) is 5.82 Å². The largest absolute Gasteiger partial charge is 0.383 e. The number of nitrogens with zero attached hydrogens (tertiary/aromatic N) is 1. The van der Waals surface area contributed by atoms with Gasteiger partial charge in [0.15, 0.2) is 5.78 Å². The minimum absolute atomic E-state index is 0.123. The van der Waals surface area contributed by atoms with Crippen molar-refractivity contribution in [3.05, 3.63) is 23.4 Å². The Kier molecular flexibility index (Phi) is 4.01. The molecule has 1 heterocycles. The smallest absolute Gasteiger partial charge is 0.183 e. The van der Waals surface area contributed by atoms with Gasteiger partial charge in [-0.05, 0) is 30.9 Å². The molecular formula is C12H19N3O. The molecular weight excluding hydrogens is 202 g/mol. The third-order valence-electron chi connectivity index (χ3n) is 2.38. The quantitative estimate of drug-likeness (QED) is 0.755. The molecule has 1 aromatic rings. The van der Waals surface area contributed by atoms with Gasteiger partial charge < -0.3 is 11.5 Å². The summed E-state index contributed by atoms with van der Waals surface area (Å²) in [6, 6.07) is 1.25. The standard InChI is InChI=1S/C12H19N3O/c1-7(2)4-10(13)11(16)9-5-8(3)6-15-12(9)14/h5-7,10H,4,13H2,1-3H3,(H2,14,15). The maximum Gasteiger partial charge on any atom is 0.183 e. The zero-order valence-corrected chi connectivity index (χ0v) is 10.0. The van der Waals surface area contributed by atoms with Gasteiger partial charge in [0.25, 0.3) is 0 Å². The van der Waals surface area contributed by atoms with Gasteiger partial charge in [-0.2, -0.15) is 0 Å². The van der Waals surface area contributed by atoms with Gasteiger partial charge in [0.2, 0.25) is 0 Å². The van der Waals surface area contributed by atoms with E-state index in [4.69, 9.17) is 11.5 Å². The van der Waals surface area contributed by atoms with Gasteiger partial charge in [-0.1, -0.05) is 13.8 Å². The third kappa shape index (κ3) is 3.03. The van der Waals surface area contributed by atoms with Gasteiger partial charge in [0, 0.05) is 6.20 Å². The number of nitrogens with two attached hydrogens (primary N) is 2. The molecule has 0 bridgehead atoms. The number of rotatable bonds is 4. The highest BCUT2D eigenvalue weighted by Crippen LogP contribution is 2.15. The van der Waals surface area contributed by atoms with Gasteiger partial charge >= 0.3 is 0 Å². The molecule has 0 aromatic carbocycles. The van der Waals surface area contributed by atoms with Crippen molar-refractivity contribution in [2.45, 2.75) is 33.2 Å².